The van der Waals surface area contributed by atoms with Gasteiger partial charge in [0.1, 0.15) is 5.78 Å². The van der Waals surface area contributed by atoms with Gasteiger partial charge >= 0.3 is 23.9 Å². The summed E-state index contributed by atoms with van der Waals surface area (Å²) in [6.07, 6.45) is 5.14. The molecule has 2 aliphatic heterocycles. The second-order valence-electron chi connectivity index (χ2n) is 10.8. The molecule has 2 heterocycles. The molecule has 10 atom stereocenters. The summed E-state index contributed by atoms with van der Waals surface area (Å²) in [5.41, 5.74) is -0.709. The number of carbonyl (C=O) groups excluding carboxylic acids is 5. The first-order valence-corrected chi connectivity index (χ1v) is 10.9. The Morgan fingerprint density at radius 3 is 1.86 bits per heavy atom. The van der Waals surface area contributed by atoms with E-state index in [9.17, 15) is 24.0 Å². The van der Waals surface area contributed by atoms with Gasteiger partial charge in [-0.25, -0.2) is 0 Å². The van der Waals surface area contributed by atoms with E-state index < -0.39 is 29.2 Å². The molecule has 0 aromatic rings. The zero-order valence-electron chi connectivity index (χ0n) is 15.9. The molecule has 5 saturated carbocycles. The Kier molecular flexibility index (Phi) is 2.77. The summed E-state index contributed by atoms with van der Waals surface area (Å²) >= 11 is 0. The van der Waals surface area contributed by atoms with Crippen LogP contribution in [0, 0.1) is 58.2 Å². The van der Waals surface area contributed by atoms with Gasteiger partial charge in [0.15, 0.2) is 0 Å². The van der Waals surface area contributed by atoms with Gasteiger partial charge in [0.05, 0.1) is 23.7 Å². The highest BCUT2D eigenvalue weighted by Crippen LogP contribution is 2.72. The third-order valence-corrected chi connectivity index (χ3v) is 10.2. The molecule has 152 valence electrons. The van der Waals surface area contributed by atoms with Crippen molar-refractivity contribution in [3.05, 3.63) is 0 Å². The zero-order valence-corrected chi connectivity index (χ0v) is 15.9. The number of cyclic esters (lactones) is 4. The van der Waals surface area contributed by atoms with E-state index in [-0.39, 0.29) is 58.6 Å². The fraction of sp³-hybridized carbons (Fsp3) is 0.773. The average molecular weight is 398 g/mol. The van der Waals surface area contributed by atoms with Crippen molar-refractivity contribution in [3.8, 4) is 0 Å². The van der Waals surface area contributed by atoms with Gasteiger partial charge in [0.2, 0.25) is 0 Å². The summed E-state index contributed by atoms with van der Waals surface area (Å²) in [5.74, 6) is -2.63. The van der Waals surface area contributed by atoms with Gasteiger partial charge in [0.25, 0.3) is 0 Å². The Balaban J connectivity index is 1.19. The van der Waals surface area contributed by atoms with Crippen molar-refractivity contribution in [3.63, 3.8) is 0 Å². The monoisotopic (exact) mass is 398 g/mol. The minimum atomic E-state index is -0.506. The number of Topliss-reactive ketones (excluding diaryl/α,β-unsaturated/α-hetero) is 1. The highest BCUT2D eigenvalue weighted by molar-refractivity contribution is 6.00. The first-order valence-electron chi connectivity index (χ1n) is 10.9. The first kappa shape index (κ1) is 16.7. The smallest absolute Gasteiger partial charge is 0.317 e. The number of ketones is 1. The van der Waals surface area contributed by atoms with E-state index >= 15 is 0 Å². The highest BCUT2D eigenvalue weighted by atomic mass is 16.6. The Hall–Kier alpha value is -2.05. The van der Waals surface area contributed by atoms with Crippen molar-refractivity contribution >= 4 is 29.7 Å². The van der Waals surface area contributed by atoms with Crippen LogP contribution in [0.4, 0.5) is 0 Å². The molecule has 7 fully saturated rings. The lowest BCUT2D eigenvalue weighted by atomic mass is 9.50. The number of carbonyl (C=O) groups is 5. The zero-order chi connectivity index (χ0) is 19.9. The molecule has 7 nitrogen and oxygen atoms in total. The van der Waals surface area contributed by atoms with E-state index in [1.165, 1.54) is 0 Å². The molecule has 7 heteroatoms. The van der Waals surface area contributed by atoms with E-state index in [0.29, 0.717) is 12.8 Å². The highest BCUT2D eigenvalue weighted by Gasteiger charge is 2.74. The lowest BCUT2D eigenvalue weighted by molar-refractivity contribution is -0.158. The number of fused-ring (bicyclic) bond motifs is 12. The number of rotatable bonds is 0. The van der Waals surface area contributed by atoms with Gasteiger partial charge in [-0.1, -0.05) is 0 Å². The molecular weight excluding hydrogens is 376 g/mol. The largest absolute Gasteiger partial charge is 0.393 e. The van der Waals surface area contributed by atoms with Crippen molar-refractivity contribution in [2.24, 2.45) is 58.2 Å². The topological polar surface area (TPSA) is 104 Å². The summed E-state index contributed by atoms with van der Waals surface area (Å²) in [7, 11) is 0. The minimum Gasteiger partial charge on any atom is -0.393 e. The van der Waals surface area contributed by atoms with Crippen LogP contribution in [0.5, 0.6) is 0 Å². The van der Waals surface area contributed by atoms with E-state index in [1.54, 1.807) is 0 Å². The van der Waals surface area contributed by atoms with Crippen LogP contribution in [-0.2, 0) is 33.4 Å². The van der Waals surface area contributed by atoms with Crippen molar-refractivity contribution in [1.82, 2.24) is 0 Å². The maximum absolute atomic E-state index is 13.6. The van der Waals surface area contributed by atoms with Gasteiger partial charge in [0, 0.05) is 11.8 Å². The second kappa shape index (κ2) is 4.81. The Labute approximate surface area is 166 Å². The van der Waals surface area contributed by atoms with Crippen molar-refractivity contribution in [2.75, 3.05) is 0 Å². The lowest BCUT2D eigenvalue weighted by Gasteiger charge is -2.51. The van der Waals surface area contributed by atoms with Crippen LogP contribution in [0.3, 0.4) is 0 Å². The second-order valence-corrected chi connectivity index (χ2v) is 10.8. The maximum Gasteiger partial charge on any atom is 0.317 e. The summed E-state index contributed by atoms with van der Waals surface area (Å²) in [4.78, 5) is 62.4. The number of hydrogen-bond donors (Lipinski definition) is 0. The van der Waals surface area contributed by atoms with Crippen LogP contribution < -0.4 is 0 Å². The van der Waals surface area contributed by atoms with Crippen LogP contribution in [0.15, 0.2) is 0 Å². The summed E-state index contributed by atoms with van der Waals surface area (Å²) < 4.78 is 9.84. The maximum atomic E-state index is 13.6. The van der Waals surface area contributed by atoms with Crippen molar-refractivity contribution in [2.45, 2.75) is 44.9 Å². The fourth-order valence-electron chi connectivity index (χ4n) is 9.30. The summed E-state index contributed by atoms with van der Waals surface area (Å²) in [6, 6.07) is 0. The van der Waals surface area contributed by atoms with Gasteiger partial charge in [-0.15, -0.1) is 0 Å². The molecule has 5 aliphatic carbocycles. The Bertz CT molecular complexity index is 937. The molecule has 7 rings (SSSR count). The molecule has 0 aromatic carbocycles. The van der Waals surface area contributed by atoms with Crippen LogP contribution in [0.1, 0.15) is 44.9 Å². The quantitative estimate of drug-likeness (QED) is 0.449. The van der Waals surface area contributed by atoms with Crippen molar-refractivity contribution in [1.29, 1.82) is 0 Å². The van der Waals surface area contributed by atoms with Gasteiger partial charge in [-0.05, 0) is 67.6 Å². The SMILES string of the molecule is O=C1OC(=O)C2C1C1CC2C2(CCC3(CC4CC3C3C(=O)OC(=O)C43)C(=O)C2)C1. The van der Waals surface area contributed by atoms with Gasteiger partial charge < -0.3 is 9.47 Å². The molecule has 2 spiro atoms. The molecule has 0 amide bonds. The van der Waals surface area contributed by atoms with Crippen LogP contribution in [0.2, 0.25) is 0 Å². The van der Waals surface area contributed by atoms with Gasteiger partial charge in [-0.2, -0.15) is 0 Å². The standard InChI is InChI=1S/C22H22O7/c23-12-7-21(5-8-3-10(21)15-13(8)17(24)28-19(15)26)1-2-22(12)6-9-4-11(22)16-14(9)18(25)29-20(16)27/h8-11,13-16H,1-7H2. The summed E-state index contributed by atoms with van der Waals surface area (Å²) in [6.45, 7) is 0. The molecule has 29 heavy (non-hydrogen) atoms. The lowest BCUT2D eigenvalue weighted by Crippen LogP contribution is -2.52. The predicted molar refractivity (Wildman–Crippen MR) is 92.3 cm³/mol. The molecule has 10 unspecified atom stereocenters. The Morgan fingerprint density at radius 1 is 0.655 bits per heavy atom. The number of hydrogen-bond acceptors (Lipinski definition) is 7. The molecule has 2 saturated heterocycles. The van der Waals surface area contributed by atoms with Crippen LogP contribution >= 0.6 is 0 Å². The molecule has 0 aromatic heterocycles. The average Bonchev–Trinajstić information content (AvgIpc) is 3.45. The number of esters is 4. The molecule has 7 aliphatic rings. The van der Waals surface area contributed by atoms with E-state index in [2.05, 4.69) is 0 Å². The predicted octanol–water partition coefficient (Wildman–Crippen LogP) is 1.42. The molecule has 0 N–H and O–H groups in total. The van der Waals surface area contributed by atoms with Crippen LogP contribution in [-0.4, -0.2) is 29.7 Å². The third kappa shape index (κ3) is 1.69. The summed E-state index contributed by atoms with van der Waals surface area (Å²) in [5, 5.41) is 0. The van der Waals surface area contributed by atoms with Gasteiger partial charge in [-0.3, -0.25) is 24.0 Å². The third-order valence-electron chi connectivity index (χ3n) is 10.2. The fourth-order valence-corrected chi connectivity index (χ4v) is 9.30. The molecule has 0 radical (unpaired) electrons. The van der Waals surface area contributed by atoms with E-state index in [1.807, 2.05) is 0 Å². The van der Waals surface area contributed by atoms with Crippen molar-refractivity contribution < 1.29 is 33.4 Å². The van der Waals surface area contributed by atoms with Crippen LogP contribution in [0.25, 0.3) is 0 Å². The Morgan fingerprint density at radius 2 is 1.21 bits per heavy atom. The first-order chi connectivity index (χ1) is 13.8. The van der Waals surface area contributed by atoms with E-state index in [0.717, 1.165) is 32.1 Å². The molecular formula is C22H22O7. The van der Waals surface area contributed by atoms with E-state index in [4.69, 9.17) is 9.47 Å². The minimum absolute atomic E-state index is 0.0575. The number of ether oxygens (including phenoxy) is 2. The molecule has 4 bridgehead atoms. The normalized spacial score (nSPS) is 56.5.